The van der Waals surface area contributed by atoms with Crippen LogP contribution in [0.3, 0.4) is 0 Å². The fourth-order valence-electron chi connectivity index (χ4n) is 2.78. The number of amides is 2. The summed E-state index contributed by atoms with van der Waals surface area (Å²) in [6.45, 7) is 4.06. The van der Waals surface area contributed by atoms with E-state index in [1.165, 1.54) is 10.8 Å². The van der Waals surface area contributed by atoms with E-state index < -0.39 is 11.8 Å². The first-order valence-corrected chi connectivity index (χ1v) is 8.84. The highest BCUT2D eigenvalue weighted by Crippen LogP contribution is 2.13. The van der Waals surface area contributed by atoms with Gasteiger partial charge in [0, 0.05) is 18.0 Å². The van der Waals surface area contributed by atoms with Gasteiger partial charge in [-0.25, -0.2) is 4.68 Å². The van der Waals surface area contributed by atoms with Gasteiger partial charge in [-0.2, -0.15) is 5.10 Å². The third-order valence-corrected chi connectivity index (χ3v) is 4.15. The number of fused-ring (bicyclic) bond motifs is 1. The van der Waals surface area contributed by atoms with Crippen LogP contribution in [-0.2, 0) is 11.3 Å². The van der Waals surface area contributed by atoms with Crippen molar-refractivity contribution in [2.45, 2.75) is 20.4 Å². The Bertz CT molecular complexity index is 1130. The number of aromatic nitrogens is 2. The van der Waals surface area contributed by atoms with Gasteiger partial charge in [0.1, 0.15) is 0 Å². The van der Waals surface area contributed by atoms with Gasteiger partial charge in [-0.05, 0) is 31.6 Å². The number of rotatable bonds is 4. The van der Waals surface area contributed by atoms with E-state index >= 15 is 0 Å². The third-order valence-electron chi connectivity index (χ3n) is 4.15. The minimum atomic E-state index is -0.601. The lowest BCUT2D eigenvalue weighted by atomic mass is 10.1. The average molecular weight is 376 g/mol. The highest BCUT2D eigenvalue weighted by molar-refractivity contribution is 6.05. The molecule has 0 aliphatic carbocycles. The van der Waals surface area contributed by atoms with Crippen molar-refractivity contribution >= 4 is 28.7 Å². The second-order valence-corrected chi connectivity index (χ2v) is 6.21. The van der Waals surface area contributed by atoms with Crippen molar-refractivity contribution < 1.29 is 9.59 Å². The first kappa shape index (κ1) is 19.0. The number of carbonyl (C=O) groups excluding carboxylic acids is 2. The summed E-state index contributed by atoms with van der Waals surface area (Å²) >= 11 is 0. The fraction of sp³-hybridized carbons (Fsp3) is 0.143. The summed E-state index contributed by atoms with van der Waals surface area (Å²) in [7, 11) is 0. The zero-order valence-electron chi connectivity index (χ0n) is 15.6. The summed E-state index contributed by atoms with van der Waals surface area (Å²) < 4.78 is 1.22. The number of benzene rings is 2. The molecule has 0 unspecified atom stereocenters. The van der Waals surface area contributed by atoms with Crippen molar-refractivity contribution in [3.8, 4) is 0 Å². The van der Waals surface area contributed by atoms with Crippen molar-refractivity contribution in [3.05, 3.63) is 81.8 Å². The van der Waals surface area contributed by atoms with Crippen molar-refractivity contribution in [2.24, 2.45) is 0 Å². The average Bonchev–Trinajstić information content (AvgIpc) is 2.71. The number of nitrogens with zero attached hydrogens (tertiary/aromatic N) is 2. The van der Waals surface area contributed by atoms with Gasteiger partial charge in [0.2, 0.25) is 0 Å². The molecule has 0 spiro atoms. The van der Waals surface area contributed by atoms with Crippen molar-refractivity contribution in [1.29, 1.82) is 0 Å². The van der Waals surface area contributed by atoms with E-state index in [1.54, 1.807) is 37.3 Å². The van der Waals surface area contributed by atoms with Gasteiger partial charge in [0.05, 0.1) is 5.39 Å². The molecule has 1 aromatic heterocycles. The molecule has 0 fully saturated rings. The standard InChI is InChI=1S/C21H20N4O3/c1-3-25-21(28)17-10-5-4-9-16(17)19(24-25)20(27)23-22-18(26)12-11-15-8-6-7-14(2)13-15/h4-13H,3H2,1-2H3,(H,22,26)(H,23,27). The second kappa shape index (κ2) is 8.30. The van der Waals surface area contributed by atoms with E-state index in [4.69, 9.17) is 0 Å². The molecule has 0 radical (unpaired) electrons. The number of hydrogen-bond acceptors (Lipinski definition) is 4. The van der Waals surface area contributed by atoms with Crippen molar-refractivity contribution in [2.75, 3.05) is 0 Å². The van der Waals surface area contributed by atoms with Crippen LogP contribution < -0.4 is 16.4 Å². The first-order valence-electron chi connectivity index (χ1n) is 8.84. The highest BCUT2D eigenvalue weighted by atomic mass is 16.2. The van der Waals surface area contributed by atoms with Crippen LogP contribution in [0.15, 0.2) is 59.4 Å². The van der Waals surface area contributed by atoms with Gasteiger partial charge in [-0.1, -0.05) is 48.0 Å². The van der Waals surface area contributed by atoms with Gasteiger partial charge in [-0.3, -0.25) is 25.2 Å². The Hall–Kier alpha value is -3.74. The molecule has 7 heteroatoms. The molecule has 28 heavy (non-hydrogen) atoms. The maximum atomic E-state index is 12.5. The van der Waals surface area contributed by atoms with Crippen molar-refractivity contribution in [1.82, 2.24) is 20.6 Å². The minimum absolute atomic E-state index is 0.0695. The number of aryl methyl sites for hydroxylation is 2. The van der Waals surface area contributed by atoms with E-state index in [0.717, 1.165) is 11.1 Å². The lowest BCUT2D eigenvalue weighted by Gasteiger charge is -2.10. The lowest BCUT2D eigenvalue weighted by molar-refractivity contribution is -0.117. The highest BCUT2D eigenvalue weighted by Gasteiger charge is 2.16. The molecule has 1 heterocycles. The van der Waals surface area contributed by atoms with Crippen molar-refractivity contribution in [3.63, 3.8) is 0 Å². The molecular formula is C21H20N4O3. The molecule has 2 amide bonds. The Kier molecular flexibility index (Phi) is 5.64. The van der Waals surface area contributed by atoms with Crippen LogP contribution in [-0.4, -0.2) is 21.6 Å². The van der Waals surface area contributed by atoms with Crippen LogP contribution >= 0.6 is 0 Å². The summed E-state index contributed by atoms with van der Waals surface area (Å²) in [4.78, 5) is 36.9. The second-order valence-electron chi connectivity index (χ2n) is 6.21. The smallest absolute Gasteiger partial charge is 0.268 e. The normalized spacial score (nSPS) is 10.9. The molecule has 2 aromatic carbocycles. The maximum absolute atomic E-state index is 12.5. The number of hydrazine groups is 1. The Morgan fingerprint density at radius 3 is 2.54 bits per heavy atom. The quantitative estimate of drug-likeness (QED) is 0.539. The number of nitrogens with one attached hydrogen (secondary N) is 2. The Morgan fingerprint density at radius 2 is 1.82 bits per heavy atom. The van der Waals surface area contributed by atoms with E-state index in [-0.39, 0.29) is 11.3 Å². The summed E-state index contributed by atoms with van der Waals surface area (Å²) in [5.41, 5.74) is 6.44. The maximum Gasteiger partial charge on any atom is 0.290 e. The van der Waals surface area contributed by atoms with Crippen LogP contribution in [0.25, 0.3) is 16.8 Å². The van der Waals surface area contributed by atoms with Crippen LogP contribution in [0.1, 0.15) is 28.5 Å². The molecular weight excluding hydrogens is 356 g/mol. The molecule has 2 N–H and O–H groups in total. The molecule has 0 atom stereocenters. The zero-order chi connectivity index (χ0) is 20.1. The topological polar surface area (TPSA) is 93.1 Å². The Labute approximate surface area is 161 Å². The van der Waals surface area contributed by atoms with E-state index in [0.29, 0.717) is 17.3 Å². The molecule has 0 aliphatic heterocycles. The number of hydrogen-bond donors (Lipinski definition) is 2. The number of carbonyl (C=O) groups is 2. The summed E-state index contributed by atoms with van der Waals surface area (Å²) in [6.07, 6.45) is 2.98. The van der Waals surface area contributed by atoms with Gasteiger partial charge in [0.25, 0.3) is 17.4 Å². The van der Waals surface area contributed by atoms with Gasteiger partial charge in [-0.15, -0.1) is 0 Å². The Morgan fingerprint density at radius 1 is 1.07 bits per heavy atom. The summed E-state index contributed by atoms with van der Waals surface area (Å²) in [5.74, 6) is -1.08. The molecule has 0 aliphatic rings. The van der Waals surface area contributed by atoms with Gasteiger partial charge < -0.3 is 0 Å². The molecule has 0 saturated heterocycles. The monoisotopic (exact) mass is 376 g/mol. The summed E-state index contributed by atoms with van der Waals surface area (Å²) in [6, 6.07) is 14.4. The van der Waals surface area contributed by atoms with Crippen LogP contribution in [0, 0.1) is 6.92 Å². The fourth-order valence-corrected chi connectivity index (χ4v) is 2.78. The van der Waals surface area contributed by atoms with Gasteiger partial charge >= 0.3 is 0 Å². The molecule has 0 bridgehead atoms. The first-order chi connectivity index (χ1) is 13.5. The predicted octanol–water partition coefficient (Wildman–Crippen LogP) is 2.20. The summed E-state index contributed by atoms with van der Waals surface area (Å²) in [5, 5.41) is 4.95. The third kappa shape index (κ3) is 4.15. The molecule has 7 nitrogen and oxygen atoms in total. The molecule has 142 valence electrons. The largest absolute Gasteiger partial charge is 0.290 e. The van der Waals surface area contributed by atoms with Crippen LogP contribution in [0.5, 0.6) is 0 Å². The van der Waals surface area contributed by atoms with Crippen LogP contribution in [0.4, 0.5) is 0 Å². The molecule has 0 saturated carbocycles. The Balaban J connectivity index is 1.75. The molecule has 3 rings (SSSR count). The van der Waals surface area contributed by atoms with E-state index in [1.807, 2.05) is 31.2 Å². The van der Waals surface area contributed by atoms with Crippen LogP contribution in [0.2, 0.25) is 0 Å². The predicted molar refractivity (Wildman–Crippen MR) is 107 cm³/mol. The lowest BCUT2D eigenvalue weighted by Crippen LogP contribution is -2.42. The van der Waals surface area contributed by atoms with E-state index in [2.05, 4.69) is 16.0 Å². The van der Waals surface area contributed by atoms with E-state index in [9.17, 15) is 14.4 Å². The zero-order valence-corrected chi connectivity index (χ0v) is 15.6. The minimum Gasteiger partial charge on any atom is -0.268 e. The SMILES string of the molecule is CCn1nc(C(=O)NNC(=O)C=Cc2cccc(C)c2)c2ccccc2c1=O. The molecule has 3 aromatic rings. The van der Waals surface area contributed by atoms with Gasteiger partial charge in [0.15, 0.2) is 5.69 Å².